The summed E-state index contributed by atoms with van der Waals surface area (Å²) in [5, 5.41) is 12.8. The third-order valence-corrected chi connectivity index (χ3v) is 3.31. The Kier molecular flexibility index (Phi) is 3.81. The summed E-state index contributed by atoms with van der Waals surface area (Å²) in [6.45, 7) is 0.373. The van der Waals surface area contributed by atoms with E-state index in [1.54, 1.807) is 19.4 Å². The molecule has 1 aromatic heterocycles. The number of ether oxygens (including phenoxy) is 1. The van der Waals surface area contributed by atoms with Crippen LogP contribution in [0.15, 0.2) is 18.3 Å². The van der Waals surface area contributed by atoms with Gasteiger partial charge in [0, 0.05) is 18.8 Å². The number of pyridine rings is 1. The van der Waals surface area contributed by atoms with Crippen molar-refractivity contribution in [1.29, 1.82) is 0 Å². The zero-order chi connectivity index (χ0) is 13.0. The Balaban J connectivity index is 1.88. The van der Waals surface area contributed by atoms with E-state index in [4.69, 9.17) is 4.74 Å². The number of hydrogen-bond donors (Lipinski definition) is 2. The monoisotopic (exact) mass is 250 g/mol. The topological polar surface area (TPSA) is 71.5 Å². The van der Waals surface area contributed by atoms with Crippen molar-refractivity contribution in [3.8, 4) is 5.88 Å². The van der Waals surface area contributed by atoms with Crippen LogP contribution >= 0.6 is 0 Å². The quantitative estimate of drug-likeness (QED) is 0.836. The summed E-state index contributed by atoms with van der Waals surface area (Å²) in [6, 6.07) is 3.58. The SMILES string of the molecule is COc1ccc(CNC(=O)C2(O)CCCC2)cn1. The van der Waals surface area contributed by atoms with Crippen molar-refractivity contribution < 1.29 is 14.6 Å². The number of rotatable bonds is 4. The van der Waals surface area contributed by atoms with Crippen molar-refractivity contribution in [2.24, 2.45) is 0 Å². The van der Waals surface area contributed by atoms with Crippen LogP contribution in [0.4, 0.5) is 0 Å². The maximum Gasteiger partial charge on any atom is 0.252 e. The fourth-order valence-corrected chi connectivity index (χ4v) is 2.17. The predicted octanol–water partition coefficient (Wildman–Crippen LogP) is 1.01. The molecular formula is C13H18N2O3. The molecule has 1 amide bonds. The Morgan fingerprint density at radius 3 is 2.78 bits per heavy atom. The van der Waals surface area contributed by atoms with Crippen LogP contribution in [-0.4, -0.2) is 28.7 Å². The maximum atomic E-state index is 11.9. The smallest absolute Gasteiger partial charge is 0.252 e. The summed E-state index contributed by atoms with van der Waals surface area (Å²) in [5.74, 6) is 0.260. The van der Waals surface area contributed by atoms with E-state index in [0.29, 0.717) is 25.3 Å². The van der Waals surface area contributed by atoms with E-state index in [2.05, 4.69) is 10.3 Å². The summed E-state index contributed by atoms with van der Waals surface area (Å²) in [7, 11) is 1.55. The van der Waals surface area contributed by atoms with Gasteiger partial charge in [-0.3, -0.25) is 4.79 Å². The molecule has 0 spiro atoms. The van der Waals surface area contributed by atoms with E-state index in [0.717, 1.165) is 18.4 Å². The average molecular weight is 250 g/mol. The lowest BCUT2D eigenvalue weighted by atomic mass is 10.0. The molecular weight excluding hydrogens is 232 g/mol. The third-order valence-electron chi connectivity index (χ3n) is 3.31. The van der Waals surface area contributed by atoms with Gasteiger partial charge >= 0.3 is 0 Å². The van der Waals surface area contributed by atoms with Crippen LogP contribution in [-0.2, 0) is 11.3 Å². The number of aromatic nitrogens is 1. The number of hydrogen-bond acceptors (Lipinski definition) is 4. The molecule has 0 atom stereocenters. The van der Waals surface area contributed by atoms with Crippen LogP contribution in [0, 0.1) is 0 Å². The van der Waals surface area contributed by atoms with E-state index in [1.807, 2.05) is 6.07 Å². The third kappa shape index (κ3) is 2.79. The second kappa shape index (κ2) is 5.35. The lowest BCUT2D eigenvalue weighted by molar-refractivity contribution is -0.139. The number of nitrogens with one attached hydrogen (secondary N) is 1. The summed E-state index contributed by atoms with van der Waals surface area (Å²) < 4.78 is 4.95. The Hall–Kier alpha value is -1.62. The standard InChI is InChI=1S/C13H18N2O3/c1-18-11-5-4-10(8-14-11)9-15-12(16)13(17)6-2-3-7-13/h4-5,8,17H,2-3,6-7,9H2,1H3,(H,15,16). The lowest BCUT2D eigenvalue weighted by Crippen LogP contribution is -2.44. The Morgan fingerprint density at radius 1 is 1.50 bits per heavy atom. The highest BCUT2D eigenvalue weighted by Gasteiger charge is 2.38. The molecule has 1 aliphatic carbocycles. The molecule has 1 aromatic rings. The molecule has 2 rings (SSSR count). The molecule has 0 saturated heterocycles. The second-order valence-electron chi connectivity index (χ2n) is 4.63. The van der Waals surface area contributed by atoms with Crippen molar-refractivity contribution in [1.82, 2.24) is 10.3 Å². The van der Waals surface area contributed by atoms with Gasteiger partial charge in [-0.2, -0.15) is 0 Å². The zero-order valence-electron chi connectivity index (χ0n) is 10.5. The minimum absolute atomic E-state index is 0.282. The van der Waals surface area contributed by atoms with E-state index in [9.17, 15) is 9.90 Å². The van der Waals surface area contributed by atoms with Gasteiger partial charge in [-0.1, -0.05) is 6.07 Å². The van der Waals surface area contributed by atoms with Gasteiger partial charge in [-0.05, 0) is 31.2 Å². The van der Waals surface area contributed by atoms with Gasteiger partial charge in [0.25, 0.3) is 5.91 Å². The molecule has 0 radical (unpaired) electrons. The molecule has 1 fully saturated rings. The van der Waals surface area contributed by atoms with Gasteiger partial charge in [0.1, 0.15) is 5.60 Å². The largest absolute Gasteiger partial charge is 0.481 e. The summed E-state index contributed by atoms with van der Waals surface area (Å²) in [6.07, 6.45) is 4.58. The first-order chi connectivity index (χ1) is 8.64. The van der Waals surface area contributed by atoms with Crippen LogP contribution < -0.4 is 10.1 Å². The lowest BCUT2D eigenvalue weighted by Gasteiger charge is -2.20. The molecule has 0 unspecified atom stereocenters. The summed E-state index contributed by atoms with van der Waals surface area (Å²) >= 11 is 0. The molecule has 1 heterocycles. The van der Waals surface area contributed by atoms with Crippen molar-refractivity contribution in [2.75, 3.05) is 7.11 Å². The second-order valence-corrected chi connectivity index (χ2v) is 4.63. The fourth-order valence-electron chi connectivity index (χ4n) is 2.17. The molecule has 5 nitrogen and oxygen atoms in total. The van der Waals surface area contributed by atoms with Crippen LogP contribution in [0.1, 0.15) is 31.2 Å². The van der Waals surface area contributed by atoms with Crippen molar-refractivity contribution >= 4 is 5.91 Å². The first kappa shape index (κ1) is 12.8. The molecule has 0 bridgehead atoms. The number of nitrogens with zero attached hydrogens (tertiary/aromatic N) is 1. The first-order valence-corrected chi connectivity index (χ1v) is 6.14. The molecule has 1 saturated carbocycles. The molecule has 0 aromatic carbocycles. The van der Waals surface area contributed by atoms with E-state index in [-0.39, 0.29) is 5.91 Å². The van der Waals surface area contributed by atoms with E-state index < -0.39 is 5.60 Å². The van der Waals surface area contributed by atoms with Crippen molar-refractivity contribution in [2.45, 2.75) is 37.8 Å². The minimum atomic E-state index is -1.17. The van der Waals surface area contributed by atoms with Gasteiger partial charge in [-0.25, -0.2) is 4.98 Å². The molecule has 98 valence electrons. The molecule has 5 heteroatoms. The number of methoxy groups -OCH3 is 1. The number of amides is 1. The van der Waals surface area contributed by atoms with Gasteiger partial charge in [0.15, 0.2) is 0 Å². The highest BCUT2D eigenvalue weighted by molar-refractivity contribution is 5.85. The van der Waals surface area contributed by atoms with Crippen LogP contribution in [0.5, 0.6) is 5.88 Å². The van der Waals surface area contributed by atoms with Gasteiger partial charge < -0.3 is 15.2 Å². The van der Waals surface area contributed by atoms with E-state index >= 15 is 0 Å². The Labute approximate surface area is 106 Å². The molecule has 2 N–H and O–H groups in total. The molecule has 18 heavy (non-hydrogen) atoms. The molecule has 1 aliphatic rings. The Morgan fingerprint density at radius 2 is 2.22 bits per heavy atom. The summed E-state index contributed by atoms with van der Waals surface area (Å²) in [4.78, 5) is 15.9. The summed E-state index contributed by atoms with van der Waals surface area (Å²) in [5.41, 5.74) is -0.286. The predicted molar refractivity (Wildman–Crippen MR) is 66.1 cm³/mol. The van der Waals surface area contributed by atoms with Gasteiger partial charge in [-0.15, -0.1) is 0 Å². The van der Waals surface area contributed by atoms with Gasteiger partial charge in [0.2, 0.25) is 5.88 Å². The average Bonchev–Trinajstić information content (AvgIpc) is 2.85. The van der Waals surface area contributed by atoms with Crippen LogP contribution in [0.25, 0.3) is 0 Å². The Bertz CT molecular complexity index is 411. The van der Waals surface area contributed by atoms with Crippen molar-refractivity contribution in [3.05, 3.63) is 23.9 Å². The van der Waals surface area contributed by atoms with Crippen LogP contribution in [0.2, 0.25) is 0 Å². The zero-order valence-corrected chi connectivity index (χ0v) is 10.5. The highest BCUT2D eigenvalue weighted by atomic mass is 16.5. The molecule has 0 aliphatic heterocycles. The fraction of sp³-hybridized carbons (Fsp3) is 0.538. The highest BCUT2D eigenvalue weighted by Crippen LogP contribution is 2.29. The normalized spacial score (nSPS) is 17.4. The number of aliphatic hydroxyl groups is 1. The number of carbonyl (C=O) groups excluding carboxylic acids is 1. The van der Waals surface area contributed by atoms with Crippen LogP contribution in [0.3, 0.4) is 0 Å². The minimum Gasteiger partial charge on any atom is -0.481 e. The number of carbonyl (C=O) groups is 1. The maximum absolute atomic E-state index is 11.9. The van der Waals surface area contributed by atoms with E-state index in [1.165, 1.54) is 0 Å². The van der Waals surface area contributed by atoms with Gasteiger partial charge in [0.05, 0.1) is 7.11 Å². The first-order valence-electron chi connectivity index (χ1n) is 6.14. The van der Waals surface area contributed by atoms with Crippen molar-refractivity contribution in [3.63, 3.8) is 0 Å².